The molecule has 1 aliphatic carbocycles. The average Bonchev–Trinajstić information content (AvgIpc) is 2.28. The maximum atomic E-state index is 12.0. The molecule has 0 aliphatic heterocycles. The molecule has 0 radical (unpaired) electrons. The first-order valence-corrected chi connectivity index (χ1v) is 7.02. The number of amides is 1. The Bertz CT molecular complexity index is 255. The molecule has 1 amide bonds. The summed E-state index contributed by atoms with van der Waals surface area (Å²) >= 11 is 0. The molecule has 3 atom stereocenters. The predicted octanol–water partition coefficient (Wildman–Crippen LogP) is 2.45. The van der Waals surface area contributed by atoms with Crippen LogP contribution in [0.2, 0.25) is 0 Å². The van der Waals surface area contributed by atoms with Crippen molar-refractivity contribution in [1.82, 2.24) is 5.32 Å². The molecule has 0 heterocycles. The highest BCUT2D eigenvalue weighted by Gasteiger charge is 2.34. The number of carbonyl (C=O) groups is 1. The SMILES string of the molecule is CCC(C)CC(=O)NC1(CN)CCCC(C)C1. The molecule has 1 saturated carbocycles. The molecular formula is C14H28N2O. The van der Waals surface area contributed by atoms with Crippen molar-refractivity contribution >= 4 is 5.91 Å². The van der Waals surface area contributed by atoms with Crippen molar-refractivity contribution in [1.29, 1.82) is 0 Å². The van der Waals surface area contributed by atoms with Gasteiger partial charge in [0.2, 0.25) is 5.91 Å². The van der Waals surface area contributed by atoms with Gasteiger partial charge in [0.1, 0.15) is 0 Å². The van der Waals surface area contributed by atoms with Crippen molar-refractivity contribution in [2.24, 2.45) is 17.6 Å². The number of carbonyl (C=O) groups excluding carboxylic acids is 1. The molecule has 100 valence electrons. The summed E-state index contributed by atoms with van der Waals surface area (Å²) in [5.74, 6) is 1.32. The molecule has 3 nitrogen and oxygen atoms in total. The van der Waals surface area contributed by atoms with Crippen LogP contribution in [0.1, 0.15) is 59.3 Å². The third kappa shape index (κ3) is 4.30. The molecule has 0 saturated heterocycles. The van der Waals surface area contributed by atoms with Crippen LogP contribution >= 0.6 is 0 Å². The van der Waals surface area contributed by atoms with Crippen LogP contribution < -0.4 is 11.1 Å². The van der Waals surface area contributed by atoms with Crippen LogP contribution in [0, 0.1) is 11.8 Å². The molecule has 0 aromatic rings. The summed E-state index contributed by atoms with van der Waals surface area (Å²) in [7, 11) is 0. The second-order valence-corrected chi connectivity index (χ2v) is 5.95. The van der Waals surface area contributed by atoms with E-state index in [0.29, 0.717) is 24.8 Å². The normalized spacial score (nSPS) is 30.9. The van der Waals surface area contributed by atoms with Gasteiger partial charge in [0, 0.05) is 13.0 Å². The molecule has 17 heavy (non-hydrogen) atoms. The van der Waals surface area contributed by atoms with Gasteiger partial charge in [-0.05, 0) is 24.7 Å². The van der Waals surface area contributed by atoms with Crippen molar-refractivity contribution in [3.8, 4) is 0 Å². The van der Waals surface area contributed by atoms with E-state index >= 15 is 0 Å². The predicted molar refractivity (Wildman–Crippen MR) is 71.6 cm³/mol. The fraction of sp³-hybridized carbons (Fsp3) is 0.929. The fourth-order valence-electron chi connectivity index (χ4n) is 2.82. The van der Waals surface area contributed by atoms with E-state index in [9.17, 15) is 4.79 Å². The van der Waals surface area contributed by atoms with Gasteiger partial charge in [-0.3, -0.25) is 4.79 Å². The van der Waals surface area contributed by atoms with Crippen molar-refractivity contribution in [2.45, 2.75) is 64.8 Å². The van der Waals surface area contributed by atoms with Crippen LogP contribution in [0.25, 0.3) is 0 Å². The topological polar surface area (TPSA) is 55.1 Å². The van der Waals surface area contributed by atoms with Gasteiger partial charge in [-0.1, -0.05) is 40.0 Å². The van der Waals surface area contributed by atoms with Crippen LogP contribution in [-0.4, -0.2) is 18.0 Å². The second kappa shape index (κ2) is 6.39. The van der Waals surface area contributed by atoms with Gasteiger partial charge < -0.3 is 11.1 Å². The van der Waals surface area contributed by atoms with Crippen LogP contribution in [0.4, 0.5) is 0 Å². The highest BCUT2D eigenvalue weighted by molar-refractivity contribution is 5.77. The van der Waals surface area contributed by atoms with Gasteiger partial charge in [0.05, 0.1) is 5.54 Å². The summed E-state index contributed by atoms with van der Waals surface area (Å²) in [6.45, 7) is 7.07. The van der Waals surface area contributed by atoms with Gasteiger partial charge in [0.15, 0.2) is 0 Å². The van der Waals surface area contributed by atoms with Crippen molar-refractivity contribution < 1.29 is 4.79 Å². The summed E-state index contributed by atoms with van der Waals surface area (Å²) in [5.41, 5.74) is 5.77. The first kappa shape index (κ1) is 14.5. The number of hydrogen-bond acceptors (Lipinski definition) is 2. The Hall–Kier alpha value is -0.570. The van der Waals surface area contributed by atoms with E-state index in [1.807, 2.05) is 0 Å². The third-order valence-electron chi connectivity index (χ3n) is 4.12. The molecule has 0 aromatic carbocycles. The molecule has 1 rings (SSSR count). The lowest BCUT2D eigenvalue weighted by atomic mass is 9.76. The third-order valence-corrected chi connectivity index (χ3v) is 4.12. The second-order valence-electron chi connectivity index (χ2n) is 5.95. The minimum absolute atomic E-state index is 0.123. The zero-order valence-corrected chi connectivity index (χ0v) is 11.6. The molecule has 0 bridgehead atoms. The van der Waals surface area contributed by atoms with Crippen LogP contribution in [-0.2, 0) is 4.79 Å². The zero-order chi connectivity index (χ0) is 12.9. The quantitative estimate of drug-likeness (QED) is 0.775. The van der Waals surface area contributed by atoms with Gasteiger partial charge in [-0.25, -0.2) is 0 Å². The first-order valence-electron chi connectivity index (χ1n) is 7.02. The van der Waals surface area contributed by atoms with Gasteiger partial charge in [0.25, 0.3) is 0 Å². The van der Waals surface area contributed by atoms with Gasteiger partial charge >= 0.3 is 0 Å². The van der Waals surface area contributed by atoms with Crippen molar-refractivity contribution in [3.63, 3.8) is 0 Å². The smallest absolute Gasteiger partial charge is 0.220 e. The Morgan fingerprint density at radius 1 is 1.59 bits per heavy atom. The lowest BCUT2D eigenvalue weighted by Gasteiger charge is -2.40. The minimum Gasteiger partial charge on any atom is -0.349 e. The van der Waals surface area contributed by atoms with Gasteiger partial charge in [-0.2, -0.15) is 0 Å². The summed E-state index contributed by atoms with van der Waals surface area (Å²) in [6, 6.07) is 0. The highest BCUT2D eigenvalue weighted by atomic mass is 16.1. The largest absolute Gasteiger partial charge is 0.349 e. The highest BCUT2D eigenvalue weighted by Crippen LogP contribution is 2.31. The van der Waals surface area contributed by atoms with E-state index in [4.69, 9.17) is 5.73 Å². The van der Waals surface area contributed by atoms with Gasteiger partial charge in [-0.15, -0.1) is 0 Å². The van der Waals surface area contributed by atoms with E-state index in [1.165, 1.54) is 12.8 Å². The van der Waals surface area contributed by atoms with E-state index in [1.54, 1.807) is 0 Å². The van der Waals surface area contributed by atoms with E-state index in [-0.39, 0.29) is 11.4 Å². The molecule has 1 aliphatic rings. The molecule has 3 heteroatoms. The Balaban J connectivity index is 2.53. The molecular weight excluding hydrogens is 212 g/mol. The maximum absolute atomic E-state index is 12.0. The summed E-state index contributed by atoms with van der Waals surface area (Å²) in [4.78, 5) is 12.0. The van der Waals surface area contributed by atoms with E-state index in [2.05, 4.69) is 26.1 Å². The lowest BCUT2D eigenvalue weighted by Crippen LogP contribution is -2.56. The van der Waals surface area contributed by atoms with Crippen LogP contribution in [0.5, 0.6) is 0 Å². The Labute approximate surface area is 106 Å². The van der Waals surface area contributed by atoms with Crippen LogP contribution in [0.15, 0.2) is 0 Å². The first-order chi connectivity index (χ1) is 8.01. The van der Waals surface area contributed by atoms with E-state index in [0.717, 1.165) is 19.3 Å². The molecule has 1 fully saturated rings. The molecule has 0 spiro atoms. The fourth-order valence-corrected chi connectivity index (χ4v) is 2.82. The summed E-state index contributed by atoms with van der Waals surface area (Å²) < 4.78 is 0. The summed E-state index contributed by atoms with van der Waals surface area (Å²) in [5, 5.41) is 3.21. The average molecular weight is 240 g/mol. The monoisotopic (exact) mass is 240 g/mol. The molecule has 0 aromatic heterocycles. The zero-order valence-electron chi connectivity index (χ0n) is 11.6. The Morgan fingerprint density at radius 2 is 2.29 bits per heavy atom. The van der Waals surface area contributed by atoms with Crippen LogP contribution in [0.3, 0.4) is 0 Å². The minimum atomic E-state index is -0.123. The molecule has 3 N–H and O–H groups in total. The Morgan fingerprint density at radius 3 is 2.82 bits per heavy atom. The number of rotatable bonds is 5. The number of nitrogens with one attached hydrogen (secondary N) is 1. The van der Waals surface area contributed by atoms with E-state index < -0.39 is 0 Å². The van der Waals surface area contributed by atoms with Crippen molar-refractivity contribution in [2.75, 3.05) is 6.54 Å². The number of nitrogens with two attached hydrogens (primary N) is 1. The number of hydrogen-bond donors (Lipinski definition) is 2. The Kier molecular flexibility index (Phi) is 5.44. The van der Waals surface area contributed by atoms with Crippen molar-refractivity contribution in [3.05, 3.63) is 0 Å². The standard InChI is InChI=1S/C14H28N2O/c1-4-11(2)8-13(17)16-14(10-15)7-5-6-12(3)9-14/h11-12H,4-10,15H2,1-3H3,(H,16,17). The molecule has 3 unspecified atom stereocenters. The lowest BCUT2D eigenvalue weighted by molar-refractivity contribution is -0.124. The maximum Gasteiger partial charge on any atom is 0.220 e. The summed E-state index contributed by atoms with van der Waals surface area (Å²) in [6.07, 6.45) is 6.22.